The predicted octanol–water partition coefficient (Wildman–Crippen LogP) is -0.584. The van der Waals surface area contributed by atoms with E-state index in [4.69, 9.17) is 0 Å². The summed E-state index contributed by atoms with van der Waals surface area (Å²) in [5.74, 6) is 0.131. The number of piperazine rings is 1. The number of amides is 1. The van der Waals surface area contributed by atoms with Gasteiger partial charge in [0.25, 0.3) is 0 Å². The van der Waals surface area contributed by atoms with Gasteiger partial charge in [0.1, 0.15) is 0 Å². The summed E-state index contributed by atoms with van der Waals surface area (Å²) in [6.45, 7) is 6.30. The summed E-state index contributed by atoms with van der Waals surface area (Å²) in [5.41, 5.74) is 0. The zero-order valence-electron chi connectivity index (χ0n) is 8.47. The highest BCUT2D eigenvalue weighted by Gasteiger charge is 2.17. The van der Waals surface area contributed by atoms with Crippen LogP contribution in [0.3, 0.4) is 0 Å². The van der Waals surface area contributed by atoms with Gasteiger partial charge in [-0.05, 0) is 6.92 Å². The molecule has 0 spiro atoms. The number of rotatable bonds is 3. The van der Waals surface area contributed by atoms with Crippen LogP contribution in [0, 0.1) is 0 Å². The maximum absolute atomic E-state index is 11.1. The number of nitrogens with zero attached hydrogens (tertiary/aromatic N) is 1. The molecule has 0 aromatic heterocycles. The van der Waals surface area contributed by atoms with E-state index >= 15 is 0 Å². The molecule has 76 valence electrons. The third kappa shape index (κ3) is 3.32. The molecule has 1 unspecified atom stereocenters. The Balaban J connectivity index is 2.28. The van der Waals surface area contributed by atoms with Gasteiger partial charge in [0.15, 0.2) is 0 Å². The van der Waals surface area contributed by atoms with Crippen molar-refractivity contribution in [3.05, 3.63) is 0 Å². The molecule has 2 N–H and O–H groups in total. The van der Waals surface area contributed by atoms with Crippen LogP contribution >= 0.6 is 0 Å². The Bertz CT molecular complexity index is 166. The maximum atomic E-state index is 11.1. The highest BCUT2D eigenvalue weighted by Crippen LogP contribution is 2.04. The standard InChI is InChI=1S/C9H19N3O/c1-8(7-9(13)10-2)12-5-3-11-4-6-12/h8,11H,3-7H2,1-2H3,(H,10,13). The van der Waals surface area contributed by atoms with Crippen LogP contribution in [0.4, 0.5) is 0 Å². The second-order valence-corrected chi connectivity index (χ2v) is 3.51. The Morgan fingerprint density at radius 2 is 2.15 bits per heavy atom. The summed E-state index contributed by atoms with van der Waals surface area (Å²) in [6.07, 6.45) is 0.608. The Morgan fingerprint density at radius 1 is 1.54 bits per heavy atom. The van der Waals surface area contributed by atoms with E-state index in [1.54, 1.807) is 7.05 Å². The van der Waals surface area contributed by atoms with Gasteiger partial charge >= 0.3 is 0 Å². The zero-order valence-corrected chi connectivity index (χ0v) is 8.47. The van der Waals surface area contributed by atoms with Crippen molar-refractivity contribution in [2.24, 2.45) is 0 Å². The minimum Gasteiger partial charge on any atom is -0.359 e. The molecule has 4 heteroatoms. The summed E-state index contributed by atoms with van der Waals surface area (Å²) in [6, 6.07) is 0.363. The predicted molar refractivity (Wildman–Crippen MR) is 52.6 cm³/mol. The van der Waals surface area contributed by atoms with Gasteiger partial charge in [-0.2, -0.15) is 0 Å². The maximum Gasteiger partial charge on any atom is 0.221 e. The first-order valence-electron chi connectivity index (χ1n) is 4.89. The SMILES string of the molecule is CNC(=O)CC(C)N1CCNCC1. The van der Waals surface area contributed by atoms with Gasteiger partial charge in [0, 0.05) is 45.7 Å². The minimum absolute atomic E-state index is 0.131. The fourth-order valence-corrected chi connectivity index (χ4v) is 1.62. The first-order chi connectivity index (χ1) is 6.24. The van der Waals surface area contributed by atoms with E-state index in [0.717, 1.165) is 26.2 Å². The molecule has 1 amide bonds. The van der Waals surface area contributed by atoms with Crippen molar-refractivity contribution in [2.45, 2.75) is 19.4 Å². The van der Waals surface area contributed by atoms with Crippen LogP contribution in [0.5, 0.6) is 0 Å². The molecule has 0 radical (unpaired) electrons. The van der Waals surface area contributed by atoms with Gasteiger partial charge in [-0.15, -0.1) is 0 Å². The molecule has 0 aliphatic carbocycles. The molecule has 1 saturated heterocycles. The van der Waals surface area contributed by atoms with E-state index in [0.29, 0.717) is 12.5 Å². The lowest BCUT2D eigenvalue weighted by molar-refractivity contribution is -0.121. The molecule has 1 fully saturated rings. The summed E-state index contributed by atoms with van der Waals surface area (Å²) in [7, 11) is 1.69. The van der Waals surface area contributed by atoms with Crippen LogP contribution in [0.25, 0.3) is 0 Å². The summed E-state index contributed by atoms with van der Waals surface area (Å²) in [5, 5.41) is 5.95. The van der Waals surface area contributed by atoms with E-state index in [-0.39, 0.29) is 5.91 Å². The summed E-state index contributed by atoms with van der Waals surface area (Å²) >= 11 is 0. The number of hydrogen-bond acceptors (Lipinski definition) is 3. The fourth-order valence-electron chi connectivity index (χ4n) is 1.62. The Labute approximate surface area is 79.7 Å². The van der Waals surface area contributed by atoms with E-state index in [1.165, 1.54) is 0 Å². The van der Waals surface area contributed by atoms with Crippen molar-refractivity contribution in [1.29, 1.82) is 0 Å². The molecule has 0 aromatic carbocycles. The zero-order chi connectivity index (χ0) is 9.68. The lowest BCUT2D eigenvalue weighted by atomic mass is 10.1. The summed E-state index contributed by atoms with van der Waals surface area (Å²) < 4.78 is 0. The van der Waals surface area contributed by atoms with E-state index in [2.05, 4.69) is 22.5 Å². The van der Waals surface area contributed by atoms with Crippen LogP contribution in [0.1, 0.15) is 13.3 Å². The van der Waals surface area contributed by atoms with Gasteiger partial charge < -0.3 is 10.6 Å². The molecule has 1 atom stereocenters. The minimum atomic E-state index is 0.131. The van der Waals surface area contributed by atoms with Crippen molar-refractivity contribution in [1.82, 2.24) is 15.5 Å². The van der Waals surface area contributed by atoms with E-state index < -0.39 is 0 Å². The molecule has 0 bridgehead atoms. The smallest absolute Gasteiger partial charge is 0.221 e. The number of nitrogens with one attached hydrogen (secondary N) is 2. The van der Waals surface area contributed by atoms with Gasteiger partial charge in [0.2, 0.25) is 5.91 Å². The first-order valence-corrected chi connectivity index (χ1v) is 4.89. The Morgan fingerprint density at radius 3 is 2.69 bits per heavy atom. The van der Waals surface area contributed by atoms with E-state index in [1.807, 2.05) is 0 Å². The second kappa shape index (κ2) is 5.19. The van der Waals surface area contributed by atoms with Crippen molar-refractivity contribution < 1.29 is 4.79 Å². The highest BCUT2D eigenvalue weighted by atomic mass is 16.1. The van der Waals surface area contributed by atoms with Crippen molar-refractivity contribution in [3.63, 3.8) is 0 Å². The number of carbonyl (C=O) groups excluding carboxylic acids is 1. The molecule has 0 aromatic rings. The van der Waals surface area contributed by atoms with Gasteiger partial charge in [-0.3, -0.25) is 9.69 Å². The van der Waals surface area contributed by atoms with Crippen LogP contribution in [0.15, 0.2) is 0 Å². The quantitative estimate of drug-likeness (QED) is 0.618. The molecule has 1 aliphatic rings. The highest BCUT2D eigenvalue weighted by molar-refractivity contribution is 5.76. The molecule has 1 heterocycles. The third-order valence-electron chi connectivity index (χ3n) is 2.53. The van der Waals surface area contributed by atoms with Crippen molar-refractivity contribution >= 4 is 5.91 Å². The molecule has 4 nitrogen and oxygen atoms in total. The molecular weight excluding hydrogens is 166 g/mol. The second-order valence-electron chi connectivity index (χ2n) is 3.51. The first kappa shape index (κ1) is 10.5. The molecular formula is C9H19N3O. The van der Waals surface area contributed by atoms with Crippen LogP contribution in [-0.2, 0) is 4.79 Å². The monoisotopic (exact) mass is 185 g/mol. The van der Waals surface area contributed by atoms with Gasteiger partial charge in [-0.1, -0.05) is 0 Å². The Hall–Kier alpha value is -0.610. The number of carbonyl (C=O) groups is 1. The van der Waals surface area contributed by atoms with Gasteiger partial charge in [-0.25, -0.2) is 0 Å². The topological polar surface area (TPSA) is 44.4 Å². The van der Waals surface area contributed by atoms with Crippen LogP contribution < -0.4 is 10.6 Å². The van der Waals surface area contributed by atoms with Crippen molar-refractivity contribution in [2.75, 3.05) is 33.2 Å². The molecule has 1 aliphatic heterocycles. The lowest BCUT2D eigenvalue weighted by Crippen LogP contribution is -2.48. The lowest BCUT2D eigenvalue weighted by Gasteiger charge is -2.32. The fraction of sp³-hybridized carbons (Fsp3) is 0.889. The molecule has 0 saturated carbocycles. The normalized spacial score (nSPS) is 21.1. The average molecular weight is 185 g/mol. The largest absolute Gasteiger partial charge is 0.359 e. The van der Waals surface area contributed by atoms with Crippen molar-refractivity contribution in [3.8, 4) is 0 Å². The molecule has 1 rings (SSSR count). The van der Waals surface area contributed by atoms with Crippen LogP contribution in [0.2, 0.25) is 0 Å². The summed E-state index contributed by atoms with van der Waals surface area (Å²) in [4.78, 5) is 13.5. The third-order valence-corrected chi connectivity index (χ3v) is 2.53. The number of hydrogen-bond donors (Lipinski definition) is 2. The average Bonchev–Trinajstić information content (AvgIpc) is 2.19. The Kier molecular flexibility index (Phi) is 4.18. The van der Waals surface area contributed by atoms with Crippen LogP contribution in [-0.4, -0.2) is 50.1 Å². The van der Waals surface area contributed by atoms with Gasteiger partial charge in [0.05, 0.1) is 0 Å². The van der Waals surface area contributed by atoms with E-state index in [9.17, 15) is 4.79 Å². The molecule has 13 heavy (non-hydrogen) atoms.